The minimum absolute atomic E-state index is 0.134. The number of nitrogens with one attached hydrogen (secondary N) is 2. The Bertz CT molecular complexity index is 1050. The van der Waals surface area contributed by atoms with Crippen LogP contribution >= 0.6 is 0 Å². The Morgan fingerprint density at radius 2 is 1.87 bits per heavy atom. The van der Waals surface area contributed by atoms with E-state index in [4.69, 9.17) is 4.74 Å². The maximum atomic E-state index is 12.8. The number of aromatic nitrogens is 3. The van der Waals surface area contributed by atoms with E-state index < -0.39 is 0 Å². The largest absolute Gasteiger partial charge is 0.494 e. The Morgan fingerprint density at radius 1 is 1.13 bits per heavy atom. The van der Waals surface area contributed by atoms with Gasteiger partial charge in [-0.15, -0.1) is 5.10 Å². The van der Waals surface area contributed by atoms with Gasteiger partial charge in [-0.1, -0.05) is 30.3 Å². The maximum absolute atomic E-state index is 12.8. The van der Waals surface area contributed by atoms with Gasteiger partial charge in [-0.05, 0) is 44.0 Å². The number of amides is 2. The Hall–Kier alpha value is -3.55. The highest BCUT2D eigenvalue weighted by Gasteiger charge is 2.30. The van der Waals surface area contributed by atoms with Crippen LogP contribution in [0.3, 0.4) is 0 Å². The van der Waals surface area contributed by atoms with Crippen LogP contribution in [0.1, 0.15) is 25.8 Å². The third kappa shape index (κ3) is 4.53. The van der Waals surface area contributed by atoms with Gasteiger partial charge in [0, 0.05) is 23.8 Å². The highest BCUT2D eigenvalue weighted by atomic mass is 16.5. The van der Waals surface area contributed by atoms with E-state index in [0.29, 0.717) is 31.2 Å². The highest BCUT2D eigenvalue weighted by molar-refractivity contribution is 5.89. The fourth-order valence-corrected chi connectivity index (χ4v) is 3.26. The van der Waals surface area contributed by atoms with Gasteiger partial charge in [-0.3, -0.25) is 4.57 Å². The summed E-state index contributed by atoms with van der Waals surface area (Å²) in [6.07, 6.45) is 1.99. The first-order valence-electron chi connectivity index (χ1n) is 10.2. The van der Waals surface area contributed by atoms with E-state index in [1.54, 1.807) is 28.8 Å². The average Bonchev–Trinajstić information content (AvgIpc) is 3.54. The van der Waals surface area contributed by atoms with Crippen LogP contribution in [0.4, 0.5) is 10.5 Å². The van der Waals surface area contributed by atoms with Gasteiger partial charge in [0.05, 0.1) is 13.2 Å². The summed E-state index contributed by atoms with van der Waals surface area (Å²) < 4.78 is 8.59. The number of anilines is 1. The van der Waals surface area contributed by atoms with Gasteiger partial charge in [0.15, 0.2) is 5.82 Å². The molecule has 1 aliphatic carbocycles. The Kier molecular flexibility index (Phi) is 5.83. The minimum Gasteiger partial charge on any atom is -0.494 e. The van der Waals surface area contributed by atoms with Crippen LogP contribution in [0.5, 0.6) is 5.75 Å². The van der Waals surface area contributed by atoms with E-state index in [1.165, 1.54) is 4.68 Å². The molecular weight excluding hydrogens is 382 g/mol. The third-order valence-corrected chi connectivity index (χ3v) is 4.85. The van der Waals surface area contributed by atoms with Gasteiger partial charge in [0.25, 0.3) is 0 Å². The second kappa shape index (κ2) is 8.86. The zero-order chi connectivity index (χ0) is 20.9. The molecule has 0 bridgehead atoms. The standard InChI is InChI=1S/C22H25N5O3/c1-2-30-19-12-8-17(9-13-19)24-21(28)23-14-15-26-22(29)27(18-10-11-18)20(25-26)16-6-4-3-5-7-16/h3-9,12-13,18H,2,10-11,14-15H2,1H3,(H2,23,24,28). The SMILES string of the molecule is CCOc1ccc(NC(=O)NCCn2nc(-c3ccccc3)n(C3CC3)c2=O)cc1. The van der Waals surface area contributed by atoms with E-state index in [2.05, 4.69) is 15.7 Å². The fourth-order valence-electron chi connectivity index (χ4n) is 3.26. The number of nitrogens with zero attached hydrogens (tertiary/aromatic N) is 3. The zero-order valence-corrected chi connectivity index (χ0v) is 16.9. The van der Waals surface area contributed by atoms with Gasteiger partial charge in [0.2, 0.25) is 0 Å². The summed E-state index contributed by atoms with van der Waals surface area (Å²) in [6.45, 7) is 3.10. The number of carbonyl (C=O) groups excluding carboxylic acids is 1. The summed E-state index contributed by atoms with van der Waals surface area (Å²) in [7, 11) is 0. The van der Waals surface area contributed by atoms with Crippen LogP contribution in [0.2, 0.25) is 0 Å². The Balaban J connectivity index is 1.37. The molecule has 1 fully saturated rings. The van der Waals surface area contributed by atoms with Crippen molar-refractivity contribution in [1.29, 1.82) is 0 Å². The molecule has 156 valence electrons. The first-order chi connectivity index (χ1) is 14.7. The molecule has 0 unspecified atom stereocenters. The second-order valence-corrected chi connectivity index (χ2v) is 7.13. The molecule has 0 saturated heterocycles. The molecule has 8 heteroatoms. The van der Waals surface area contributed by atoms with E-state index in [-0.39, 0.29) is 17.8 Å². The lowest BCUT2D eigenvalue weighted by atomic mass is 10.2. The van der Waals surface area contributed by atoms with Crippen molar-refractivity contribution in [1.82, 2.24) is 19.7 Å². The summed E-state index contributed by atoms with van der Waals surface area (Å²) in [4.78, 5) is 25.0. The molecule has 0 atom stereocenters. The number of benzene rings is 2. The fraction of sp³-hybridized carbons (Fsp3) is 0.318. The van der Waals surface area contributed by atoms with Crippen molar-refractivity contribution in [2.45, 2.75) is 32.4 Å². The number of hydrogen-bond donors (Lipinski definition) is 2. The average molecular weight is 407 g/mol. The number of rotatable bonds is 8. The van der Waals surface area contributed by atoms with Crippen LogP contribution < -0.4 is 21.1 Å². The summed E-state index contributed by atoms with van der Waals surface area (Å²) in [5, 5.41) is 10.1. The van der Waals surface area contributed by atoms with Crippen molar-refractivity contribution in [2.24, 2.45) is 0 Å². The predicted octanol–water partition coefficient (Wildman–Crippen LogP) is 3.27. The lowest BCUT2D eigenvalue weighted by Crippen LogP contribution is -2.34. The number of ether oxygens (including phenoxy) is 1. The lowest BCUT2D eigenvalue weighted by Gasteiger charge is -2.08. The van der Waals surface area contributed by atoms with E-state index in [9.17, 15) is 9.59 Å². The van der Waals surface area contributed by atoms with Gasteiger partial charge in [-0.25, -0.2) is 14.3 Å². The van der Waals surface area contributed by atoms with Crippen LogP contribution in [0.25, 0.3) is 11.4 Å². The molecule has 3 aromatic rings. The monoisotopic (exact) mass is 407 g/mol. The van der Waals surface area contributed by atoms with Crippen molar-refractivity contribution < 1.29 is 9.53 Å². The summed E-state index contributed by atoms with van der Waals surface area (Å²) in [5.41, 5.74) is 1.45. The normalized spacial score (nSPS) is 13.1. The van der Waals surface area contributed by atoms with Gasteiger partial charge in [-0.2, -0.15) is 0 Å². The van der Waals surface area contributed by atoms with Crippen molar-refractivity contribution in [3.63, 3.8) is 0 Å². The predicted molar refractivity (Wildman–Crippen MR) is 115 cm³/mol. The van der Waals surface area contributed by atoms with Crippen LogP contribution in [-0.2, 0) is 6.54 Å². The first kappa shape index (κ1) is 19.8. The smallest absolute Gasteiger partial charge is 0.346 e. The molecule has 1 heterocycles. The van der Waals surface area contributed by atoms with Crippen LogP contribution in [-0.4, -0.2) is 33.5 Å². The van der Waals surface area contributed by atoms with Crippen LogP contribution in [0, 0.1) is 0 Å². The summed E-state index contributed by atoms with van der Waals surface area (Å²) >= 11 is 0. The molecule has 8 nitrogen and oxygen atoms in total. The van der Waals surface area contributed by atoms with Crippen molar-refractivity contribution >= 4 is 11.7 Å². The topological polar surface area (TPSA) is 90.2 Å². The van der Waals surface area contributed by atoms with Crippen molar-refractivity contribution in [3.05, 3.63) is 65.1 Å². The van der Waals surface area contributed by atoms with Crippen molar-refractivity contribution in [2.75, 3.05) is 18.5 Å². The van der Waals surface area contributed by atoms with E-state index in [1.807, 2.05) is 37.3 Å². The zero-order valence-electron chi connectivity index (χ0n) is 16.9. The maximum Gasteiger partial charge on any atom is 0.346 e. The molecule has 1 aliphatic rings. The molecule has 4 rings (SSSR count). The Labute approximate surface area is 174 Å². The Morgan fingerprint density at radius 3 is 2.53 bits per heavy atom. The molecule has 2 N–H and O–H groups in total. The molecule has 0 spiro atoms. The lowest BCUT2D eigenvalue weighted by molar-refractivity contribution is 0.251. The molecular formula is C22H25N5O3. The third-order valence-electron chi connectivity index (χ3n) is 4.85. The van der Waals surface area contributed by atoms with Crippen LogP contribution in [0.15, 0.2) is 59.4 Å². The van der Waals surface area contributed by atoms with Gasteiger partial charge >= 0.3 is 11.7 Å². The molecule has 1 saturated carbocycles. The quantitative estimate of drug-likeness (QED) is 0.600. The number of hydrogen-bond acceptors (Lipinski definition) is 4. The number of carbonyl (C=O) groups is 1. The van der Waals surface area contributed by atoms with E-state index >= 15 is 0 Å². The number of urea groups is 1. The summed E-state index contributed by atoms with van der Waals surface area (Å²) in [5.74, 6) is 1.44. The summed E-state index contributed by atoms with van der Waals surface area (Å²) in [6, 6.07) is 16.7. The molecule has 0 radical (unpaired) electrons. The molecule has 2 aromatic carbocycles. The molecule has 2 amide bonds. The van der Waals surface area contributed by atoms with Gasteiger partial charge in [0.1, 0.15) is 5.75 Å². The van der Waals surface area contributed by atoms with E-state index in [0.717, 1.165) is 24.2 Å². The molecule has 30 heavy (non-hydrogen) atoms. The second-order valence-electron chi connectivity index (χ2n) is 7.13. The minimum atomic E-state index is -0.336. The first-order valence-corrected chi connectivity index (χ1v) is 10.2. The molecule has 1 aromatic heterocycles. The van der Waals surface area contributed by atoms with Gasteiger partial charge < -0.3 is 15.4 Å². The highest BCUT2D eigenvalue weighted by Crippen LogP contribution is 2.36. The molecule has 0 aliphatic heterocycles. The van der Waals surface area contributed by atoms with Crippen molar-refractivity contribution in [3.8, 4) is 17.1 Å².